The predicted molar refractivity (Wildman–Crippen MR) is 63.5 cm³/mol. The third kappa shape index (κ3) is 4.60. The molecule has 1 aromatic rings. The number of nitro benzene ring substituents is 1. The fourth-order valence-electron chi connectivity index (χ4n) is 1.26. The largest absolute Gasteiger partial charge is 0.352 e. The zero-order valence-corrected chi connectivity index (χ0v) is 9.60. The van der Waals surface area contributed by atoms with Gasteiger partial charge in [0.1, 0.15) is 0 Å². The number of carbonyl (C=O) groups excluding carboxylic acids is 1. The summed E-state index contributed by atoms with van der Waals surface area (Å²) in [6.45, 7) is 1.02. The lowest BCUT2D eigenvalue weighted by atomic mass is 10.2. The van der Waals surface area contributed by atoms with Gasteiger partial charge in [0.05, 0.1) is 4.92 Å². The van der Waals surface area contributed by atoms with Crippen molar-refractivity contribution in [3.8, 4) is 0 Å². The van der Waals surface area contributed by atoms with Crippen LogP contribution >= 0.6 is 0 Å². The van der Waals surface area contributed by atoms with Gasteiger partial charge in [0, 0.05) is 31.6 Å². The number of nitrogens with zero attached hydrogens (tertiary/aromatic N) is 1. The van der Waals surface area contributed by atoms with Gasteiger partial charge >= 0.3 is 0 Å². The number of benzene rings is 1. The molecule has 6 heteroatoms. The van der Waals surface area contributed by atoms with Crippen LogP contribution in [0.4, 0.5) is 5.69 Å². The number of amides is 1. The molecule has 0 saturated carbocycles. The van der Waals surface area contributed by atoms with Crippen molar-refractivity contribution in [2.75, 3.05) is 13.6 Å². The van der Waals surface area contributed by atoms with Gasteiger partial charge in [-0.2, -0.15) is 0 Å². The van der Waals surface area contributed by atoms with Crippen LogP contribution in [0.1, 0.15) is 12.0 Å². The molecule has 0 unspecified atom stereocenters. The normalized spacial score (nSPS) is 9.94. The van der Waals surface area contributed by atoms with Crippen molar-refractivity contribution in [2.24, 2.45) is 0 Å². The molecule has 0 atom stereocenters. The summed E-state index contributed by atoms with van der Waals surface area (Å²) in [5, 5.41) is 16.0. The quantitative estimate of drug-likeness (QED) is 0.566. The predicted octanol–water partition coefficient (Wildman–Crippen LogP) is 0.820. The minimum absolute atomic E-state index is 0.0438. The van der Waals surface area contributed by atoms with Gasteiger partial charge in [-0.15, -0.1) is 0 Å². The molecule has 0 saturated heterocycles. The van der Waals surface area contributed by atoms with Crippen LogP contribution in [0.15, 0.2) is 24.3 Å². The van der Waals surface area contributed by atoms with Crippen molar-refractivity contribution in [1.82, 2.24) is 10.6 Å². The molecule has 1 aromatic carbocycles. The maximum absolute atomic E-state index is 11.3. The van der Waals surface area contributed by atoms with E-state index in [0.29, 0.717) is 19.5 Å². The average molecular weight is 237 g/mol. The smallest absolute Gasteiger partial charge is 0.269 e. The topological polar surface area (TPSA) is 84.3 Å². The summed E-state index contributed by atoms with van der Waals surface area (Å²) in [6.07, 6.45) is 0.420. The summed E-state index contributed by atoms with van der Waals surface area (Å²) in [6, 6.07) is 6.12. The van der Waals surface area contributed by atoms with E-state index in [0.717, 1.165) is 5.56 Å². The highest BCUT2D eigenvalue weighted by molar-refractivity contribution is 5.76. The highest BCUT2D eigenvalue weighted by atomic mass is 16.6. The molecule has 17 heavy (non-hydrogen) atoms. The molecule has 0 aliphatic heterocycles. The van der Waals surface area contributed by atoms with Gasteiger partial charge in [-0.1, -0.05) is 12.1 Å². The second-order valence-corrected chi connectivity index (χ2v) is 3.55. The summed E-state index contributed by atoms with van der Waals surface area (Å²) >= 11 is 0. The van der Waals surface area contributed by atoms with Gasteiger partial charge in [-0.3, -0.25) is 14.9 Å². The monoisotopic (exact) mass is 237 g/mol. The average Bonchev–Trinajstić information content (AvgIpc) is 2.34. The van der Waals surface area contributed by atoms with E-state index in [2.05, 4.69) is 10.6 Å². The Bertz CT molecular complexity index is 389. The number of rotatable bonds is 6. The van der Waals surface area contributed by atoms with E-state index < -0.39 is 4.92 Å². The van der Waals surface area contributed by atoms with Gasteiger partial charge in [0.25, 0.3) is 5.69 Å². The van der Waals surface area contributed by atoms with Crippen LogP contribution in [0.3, 0.4) is 0 Å². The first kappa shape index (κ1) is 13.1. The third-order valence-corrected chi connectivity index (χ3v) is 2.24. The molecule has 0 fully saturated rings. The lowest BCUT2D eigenvalue weighted by Crippen LogP contribution is -2.26. The van der Waals surface area contributed by atoms with Crippen molar-refractivity contribution in [3.05, 3.63) is 39.9 Å². The molecule has 0 bridgehead atoms. The number of carbonyl (C=O) groups is 1. The molecule has 1 amide bonds. The molecule has 0 radical (unpaired) electrons. The fraction of sp³-hybridized carbons (Fsp3) is 0.364. The van der Waals surface area contributed by atoms with Crippen LogP contribution in [0.5, 0.6) is 0 Å². The van der Waals surface area contributed by atoms with Crippen LogP contribution in [0.2, 0.25) is 0 Å². The molecule has 2 N–H and O–H groups in total. The molecule has 1 rings (SSSR count). The van der Waals surface area contributed by atoms with Crippen molar-refractivity contribution in [3.63, 3.8) is 0 Å². The van der Waals surface area contributed by atoms with Crippen molar-refractivity contribution in [2.45, 2.75) is 13.0 Å². The minimum Gasteiger partial charge on any atom is -0.352 e. The Morgan fingerprint density at radius 1 is 1.35 bits per heavy atom. The summed E-state index contributed by atoms with van der Waals surface area (Å²) in [5.41, 5.74) is 0.892. The number of nitro groups is 1. The van der Waals surface area contributed by atoms with Crippen molar-refractivity contribution in [1.29, 1.82) is 0 Å². The maximum Gasteiger partial charge on any atom is 0.269 e. The maximum atomic E-state index is 11.3. The molecule has 0 aromatic heterocycles. The van der Waals surface area contributed by atoms with Gasteiger partial charge in [0.15, 0.2) is 0 Å². The molecule has 0 aliphatic rings. The van der Waals surface area contributed by atoms with E-state index in [1.54, 1.807) is 19.2 Å². The zero-order chi connectivity index (χ0) is 12.7. The van der Waals surface area contributed by atoms with E-state index in [9.17, 15) is 14.9 Å². The second-order valence-electron chi connectivity index (χ2n) is 3.55. The first-order valence-corrected chi connectivity index (χ1v) is 5.28. The van der Waals surface area contributed by atoms with Crippen LogP contribution in [-0.4, -0.2) is 24.4 Å². The third-order valence-electron chi connectivity index (χ3n) is 2.24. The van der Waals surface area contributed by atoms with Crippen LogP contribution in [-0.2, 0) is 11.3 Å². The van der Waals surface area contributed by atoms with E-state index >= 15 is 0 Å². The lowest BCUT2D eigenvalue weighted by molar-refractivity contribution is -0.384. The molecule has 0 spiro atoms. The summed E-state index contributed by atoms with van der Waals surface area (Å²) in [5.74, 6) is -0.0438. The van der Waals surface area contributed by atoms with Crippen LogP contribution < -0.4 is 10.6 Å². The van der Waals surface area contributed by atoms with Gasteiger partial charge in [0.2, 0.25) is 5.91 Å². The van der Waals surface area contributed by atoms with Crippen molar-refractivity contribution < 1.29 is 9.72 Å². The SMILES string of the molecule is CNCCC(=O)NCc1ccc([N+](=O)[O-])cc1. The lowest BCUT2D eigenvalue weighted by Gasteiger charge is -2.04. The first-order chi connectivity index (χ1) is 8.13. The highest BCUT2D eigenvalue weighted by Crippen LogP contribution is 2.11. The Kier molecular flexibility index (Phi) is 5.09. The number of non-ortho nitro benzene ring substituents is 1. The molecule has 92 valence electrons. The molecular weight excluding hydrogens is 222 g/mol. The fourth-order valence-corrected chi connectivity index (χ4v) is 1.26. The molecule has 0 heterocycles. The van der Waals surface area contributed by atoms with Gasteiger partial charge in [-0.25, -0.2) is 0 Å². The summed E-state index contributed by atoms with van der Waals surface area (Å²) in [4.78, 5) is 21.3. The Hall–Kier alpha value is -1.95. The van der Waals surface area contributed by atoms with E-state index in [1.165, 1.54) is 12.1 Å². The Morgan fingerprint density at radius 2 is 2.00 bits per heavy atom. The molecular formula is C11H15N3O3. The van der Waals surface area contributed by atoms with Crippen LogP contribution in [0, 0.1) is 10.1 Å². The Labute approximate surface area is 99.2 Å². The van der Waals surface area contributed by atoms with Gasteiger partial charge in [-0.05, 0) is 12.6 Å². The summed E-state index contributed by atoms with van der Waals surface area (Å²) in [7, 11) is 1.78. The number of hydrogen-bond acceptors (Lipinski definition) is 4. The number of nitrogens with one attached hydrogen (secondary N) is 2. The Morgan fingerprint density at radius 3 is 2.53 bits per heavy atom. The number of hydrogen-bond donors (Lipinski definition) is 2. The minimum atomic E-state index is -0.449. The second kappa shape index (κ2) is 6.59. The Balaban J connectivity index is 2.42. The zero-order valence-electron chi connectivity index (χ0n) is 9.60. The van der Waals surface area contributed by atoms with E-state index in [4.69, 9.17) is 0 Å². The van der Waals surface area contributed by atoms with Crippen molar-refractivity contribution >= 4 is 11.6 Å². The van der Waals surface area contributed by atoms with E-state index in [1.807, 2.05) is 0 Å². The highest BCUT2D eigenvalue weighted by Gasteiger charge is 2.04. The molecule has 6 nitrogen and oxygen atoms in total. The van der Waals surface area contributed by atoms with Gasteiger partial charge < -0.3 is 10.6 Å². The van der Waals surface area contributed by atoms with E-state index in [-0.39, 0.29) is 11.6 Å². The van der Waals surface area contributed by atoms with Crippen LogP contribution in [0.25, 0.3) is 0 Å². The standard InChI is InChI=1S/C11H15N3O3/c1-12-7-6-11(15)13-8-9-2-4-10(5-3-9)14(16)17/h2-5,12H,6-8H2,1H3,(H,13,15). The molecule has 0 aliphatic carbocycles. The first-order valence-electron chi connectivity index (χ1n) is 5.28. The summed E-state index contributed by atoms with van der Waals surface area (Å²) < 4.78 is 0.